The average Bonchev–Trinajstić information content (AvgIpc) is 2.48. The molecule has 2 nitrogen and oxygen atoms in total. The second kappa shape index (κ2) is 2.36. The minimum Gasteiger partial charge on any atom is -0.346 e. The van der Waals surface area contributed by atoms with Crippen molar-refractivity contribution in [3.8, 4) is 0 Å². The smallest absolute Gasteiger partial charge is 0.184 e. The molecule has 2 fully saturated rings. The summed E-state index contributed by atoms with van der Waals surface area (Å²) in [6.07, 6.45) is 3.14. The Morgan fingerprint density at radius 1 is 1.30 bits per heavy atom. The van der Waals surface area contributed by atoms with Gasteiger partial charge in [-0.05, 0) is 12.8 Å². The summed E-state index contributed by atoms with van der Waals surface area (Å²) in [5.41, 5.74) is 0. The van der Waals surface area contributed by atoms with Crippen LogP contribution in [0.15, 0.2) is 0 Å². The minimum atomic E-state index is -0.387. The molecule has 1 aliphatic heterocycles. The van der Waals surface area contributed by atoms with Crippen molar-refractivity contribution in [2.24, 2.45) is 0 Å². The predicted octanol–water partition coefficient (Wildman–Crippen LogP) is 1.52. The lowest BCUT2D eigenvalue weighted by Gasteiger charge is -2.24. The summed E-state index contributed by atoms with van der Waals surface area (Å²) in [5.74, 6) is -0.387. The summed E-state index contributed by atoms with van der Waals surface area (Å²) in [7, 11) is 0. The normalized spacial score (nSPS) is 37.5. The SMILES string of the molecule is Cl[C@H]1CCCC12OCCO2. The van der Waals surface area contributed by atoms with Crippen molar-refractivity contribution in [2.75, 3.05) is 13.2 Å². The van der Waals surface area contributed by atoms with Crippen LogP contribution in [0.2, 0.25) is 0 Å². The Bertz CT molecular complexity index is 126. The molecule has 1 aliphatic carbocycles. The molecule has 0 bridgehead atoms. The Hall–Kier alpha value is 0.210. The van der Waals surface area contributed by atoms with Crippen LogP contribution in [0.25, 0.3) is 0 Å². The van der Waals surface area contributed by atoms with E-state index in [1.54, 1.807) is 0 Å². The second-order valence-corrected chi connectivity index (χ2v) is 3.40. The van der Waals surface area contributed by atoms with Gasteiger partial charge in [0.25, 0.3) is 0 Å². The molecule has 2 rings (SSSR count). The van der Waals surface area contributed by atoms with Crippen molar-refractivity contribution in [3.05, 3.63) is 0 Å². The molecule has 0 N–H and O–H groups in total. The van der Waals surface area contributed by atoms with E-state index < -0.39 is 0 Å². The molecule has 10 heavy (non-hydrogen) atoms. The zero-order valence-electron chi connectivity index (χ0n) is 5.81. The van der Waals surface area contributed by atoms with Crippen LogP contribution in [0.5, 0.6) is 0 Å². The molecule has 58 valence electrons. The van der Waals surface area contributed by atoms with Gasteiger partial charge in [-0.2, -0.15) is 0 Å². The maximum atomic E-state index is 6.03. The first kappa shape index (κ1) is 6.89. The first-order chi connectivity index (χ1) is 4.83. The first-order valence-electron chi connectivity index (χ1n) is 3.75. The van der Waals surface area contributed by atoms with Gasteiger partial charge in [-0.15, -0.1) is 11.6 Å². The largest absolute Gasteiger partial charge is 0.346 e. The van der Waals surface area contributed by atoms with Crippen molar-refractivity contribution in [1.82, 2.24) is 0 Å². The van der Waals surface area contributed by atoms with E-state index in [1.807, 2.05) is 0 Å². The van der Waals surface area contributed by atoms with Gasteiger partial charge in [0.15, 0.2) is 5.79 Å². The van der Waals surface area contributed by atoms with Crippen molar-refractivity contribution in [3.63, 3.8) is 0 Å². The molecular formula is C7H11ClO2. The minimum absolute atomic E-state index is 0.0787. The van der Waals surface area contributed by atoms with Gasteiger partial charge < -0.3 is 9.47 Å². The molecule has 3 heteroatoms. The quantitative estimate of drug-likeness (QED) is 0.503. The van der Waals surface area contributed by atoms with E-state index in [0.29, 0.717) is 13.2 Å². The lowest BCUT2D eigenvalue weighted by atomic mass is 10.2. The molecule has 1 saturated heterocycles. The Morgan fingerprint density at radius 2 is 2.00 bits per heavy atom. The number of alkyl halides is 1. The molecule has 0 radical (unpaired) electrons. The third-order valence-electron chi connectivity index (χ3n) is 2.24. The Labute approximate surface area is 65.4 Å². The van der Waals surface area contributed by atoms with Crippen LogP contribution in [-0.4, -0.2) is 24.4 Å². The fourth-order valence-corrected chi connectivity index (χ4v) is 2.09. The summed E-state index contributed by atoms with van der Waals surface area (Å²) in [4.78, 5) is 0. The van der Waals surface area contributed by atoms with Gasteiger partial charge in [0.2, 0.25) is 0 Å². The van der Waals surface area contributed by atoms with Crippen LogP contribution in [0.4, 0.5) is 0 Å². The van der Waals surface area contributed by atoms with E-state index in [4.69, 9.17) is 21.1 Å². The van der Waals surface area contributed by atoms with Crippen LogP contribution >= 0.6 is 11.6 Å². The van der Waals surface area contributed by atoms with Gasteiger partial charge >= 0.3 is 0 Å². The van der Waals surface area contributed by atoms with Crippen LogP contribution in [0.3, 0.4) is 0 Å². The summed E-state index contributed by atoms with van der Waals surface area (Å²) in [5, 5.41) is 0.0787. The zero-order valence-corrected chi connectivity index (χ0v) is 6.56. The van der Waals surface area contributed by atoms with E-state index in [-0.39, 0.29) is 11.2 Å². The third kappa shape index (κ3) is 0.865. The number of halogens is 1. The number of hydrogen-bond donors (Lipinski definition) is 0. The van der Waals surface area contributed by atoms with Crippen LogP contribution in [0, 0.1) is 0 Å². The van der Waals surface area contributed by atoms with Crippen LogP contribution < -0.4 is 0 Å². The maximum absolute atomic E-state index is 6.03. The molecule has 1 saturated carbocycles. The molecular weight excluding hydrogens is 152 g/mol. The highest BCUT2D eigenvalue weighted by Crippen LogP contribution is 2.40. The number of rotatable bonds is 0. The molecule has 2 aliphatic rings. The molecule has 0 aromatic carbocycles. The number of hydrogen-bond acceptors (Lipinski definition) is 2. The van der Waals surface area contributed by atoms with Gasteiger partial charge in [0.05, 0.1) is 18.6 Å². The molecule has 1 atom stereocenters. The predicted molar refractivity (Wildman–Crippen MR) is 38.1 cm³/mol. The van der Waals surface area contributed by atoms with Crippen molar-refractivity contribution in [2.45, 2.75) is 30.4 Å². The van der Waals surface area contributed by atoms with Crippen molar-refractivity contribution >= 4 is 11.6 Å². The van der Waals surface area contributed by atoms with Gasteiger partial charge in [0, 0.05) is 6.42 Å². The summed E-state index contributed by atoms with van der Waals surface area (Å²) in [6, 6.07) is 0. The number of ether oxygens (including phenoxy) is 2. The Morgan fingerprint density at radius 3 is 2.50 bits per heavy atom. The first-order valence-corrected chi connectivity index (χ1v) is 4.19. The van der Waals surface area contributed by atoms with Crippen LogP contribution in [0.1, 0.15) is 19.3 Å². The molecule has 1 heterocycles. The van der Waals surface area contributed by atoms with E-state index in [1.165, 1.54) is 0 Å². The van der Waals surface area contributed by atoms with Crippen LogP contribution in [-0.2, 0) is 9.47 Å². The van der Waals surface area contributed by atoms with Gasteiger partial charge in [-0.1, -0.05) is 0 Å². The second-order valence-electron chi connectivity index (χ2n) is 2.87. The zero-order chi connectivity index (χ0) is 7.03. The van der Waals surface area contributed by atoms with Gasteiger partial charge in [-0.25, -0.2) is 0 Å². The molecule has 0 aromatic heterocycles. The van der Waals surface area contributed by atoms with E-state index >= 15 is 0 Å². The summed E-state index contributed by atoms with van der Waals surface area (Å²) < 4.78 is 10.9. The van der Waals surface area contributed by atoms with Gasteiger partial charge in [0.1, 0.15) is 0 Å². The van der Waals surface area contributed by atoms with Gasteiger partial charge in [-0.3, -0.25) is 0 Å². The van der Waals surface area contributed by atoms with E-state index in [2.05, 4.69) is 0 Å². The van der Waals surface area contributed by atoms with Crippen molar-refractivity contribution in [1.29, 1.82) is 0 Å². The summed E-state index contributed by atoms with van der Waals surface area (Å²) >= 11 is 6.03. The monoisotopic (exact) mass is 162 g/mol. The third-order valence-corrected chi connectivity index (χ3v) is 2.79. The highest BCUT2D eigenvalue weighted by molar-refractivity contribution is 6.21. The van der Waals surface area contributed by atoms with Crippen molar-refractivity contribution < 1.29 is 9.47 Å². The fraction of sp³-hybridized carbons (Fsp3) is 1.00. The highest BCUT2D eigenvalue weighted by atomic mass is 35.5. The summed E-state index contributed by atoms with van der Waals surface area (Å²) in [6.45, 7) is 1.42. The average molecular weight is 163 g/mol. The standard InChI is InChI=1S/C7H11ClO2/c8-6-2-1-3-7(6)9-4-5-10-7/h6H,1-5H2/t6-/m0/s1. The molecule has 0 unspecified atom stereocenters. The topological polar surface area (TPSA) is 18.5 Å². The molecule has 1 spiro atoms. The molecule has 0 aromatic rings. The lowest BCUT2D eigenvalue weighted by molar-refractivity contribution is -0.147. The Kier molecular flexibility index (Phi) is 1.63. The van der Waals surface area contributed by atoms with E-state index in [0.717, 1.165) is 19.3 Å². The molecule has 0 amide bonds. The fourth-order valence-electron chi connectivity index (χ4n) is 1.70. The highest BCUT2D eigenvalue weighted by Gasteiger charge is 2.46. The van der Waals surface area contributed by atoms with E-state index in [9.17, 15) is 0 Å². The maximum Gasteiger partial charge on any atom is 0.184 e. The Balaban J connectivity index is 2.11. The lowest BCUT2D eigenvalue weighted by Crippen LogP contribution is -2.34.